The lowest BCUT2D eigenvalue weighted by molar-refractivity contribution is -0.135. The second kappa shape index (κ2) is 7.34. The quantitative estimate of drug-likeness (QED) is 0.821. The molecule has 0 saturated carbocycles. The molecule has 2 saturated heterocycles. The Balaban J connectivity index is 1.70. The van der Waals surface area contributed by atoms with E-state index in [0.717, 1.165) is 25.8 Å². The molecule has 3 heterocycles. The predicted molar refractivity (Wildman–Crippen MR) is 88.4 cm³/mol. The van der Waals surface area contributed by atoms with Crippen LogP contribution in [-0.4, -0.2) is 70.8 Å². The van der Waals surface area contributed by atoms with Gasteiger partial charge in [-0.1, -0.05) is 0 Å². The van der Waals surface area contributed by atoms with Crippen LogP contribution in [0.3, 0.4) is 0 Å². The zero-order valence-electron chi connectivity index (χ0n) is 14.5. The minimum absolute atomic E-state index is 0.0422. The number of carbonyl (C=O) groups excluding carboxylic acids is 2. The number of piperidine rings is 1. The second-order valence-electron chi connectivity index (χ2n) is 6.74. The molecule has 2 aliphatic rings. The number of hydrogen-bond acceptors (Lipinski definition) is 4. The molecule has 0 spiro atoms. The van der Waals surface area contributed by atoms with E-state index >= 15 is 0 Å². The van der Waals surface area contributed by atoms with Crippen molar-refractivity contribution in [2.45, 2.75) is 31.7 Å². The number of ether oxygens (including phenoxy) is 1. The van der Waals surface area contributed by atoms with E-state index in [-0.39, 0.29) is 17.9 Å². The molecule has 1 aromatic rings. The zero-order valence-corrected chi connectivity index (χ0v) is 14.5. The Morgan fingerprint density at radius 1 is 1.42 bits per heavy atom. The maximum absolute atomic E-state index is 12.7. The highest BCUT2D eigenvalue weighted by Gasteiger charge is 2.38. The van der Waals surface area contributed by atoms with E-state index < -0.39 is 0 Å². The summed E-state index contributed by atoms with van der Waals surface area (Å²) < 4.78 is 6.81. The summed E-state index contributed by atoms with van der Waals surface area (Å²) in [5.74, 6) is 0.620. The van der Waals surface area contributed by atoms with Crippen molar-refractivity contribution in [3.63, 3.8) is 0 Å². The summed E-state index contributed by atoms with van der Waals surface area (Å²) in [5.41, 5.74) is 0.636. The lowest BCUT2D eigenvalue weighted by atomic mass is 9.88. The SMILES string of the molecule is COCCN1C(=O)CCC[C@H]2CN(C(=O)c3cnn(C)c3)CC[C@H]21. The van der Waals surface area contributed by atoms with Crippen LogP contribution < -0.4 is 0 Å². The average molecular weight is 334 g/mol. The Bertz CT molecular complexity index is 600. The lowest BCUT2D eigenvalue weighted by Gasteiger charge is -2.42. The molecule has 0 radical (unpaired) electrons. The molecule has 1 aromatic heterocycles. The van der Waals surface area contributed by atoms with Crippen LogP contribution in [0.1, 0.15) is 36.0 Å². The number of aromatic nitrogens is 2. The molecule has 0 unspecified atom stereocenters. The van der Waals surface area contributed by atoms with Crippen LogP contribution in [0.2, 0.25) is 0 Å². The van der Waals surface area contributed by atoms with Crippen molar-refractivity contribution < 1.29 is 14.3 Å². The van der Waals surface area contributed by atoms with Crippen molar-refractivity contribution in [2.24, 2.45) is 13.0 Å². The van der Waals surface area contributed by atoms with Crippen LogP contribution >= 0.6 is 0 Å². The van der Waals surface area contributed by atoms with Crippen LogP contribution in [0.5, 0.6) is 0 Å². The summed E-state index contributed by atoms with van der Waals surface area (Å²) in [6.45, 7) is 2.61. The molecular weight excluding hydrogens is 308 g/mol. The molecule has 7 heteroatoms. The van der Waals surface area contributed by atoms with Gasteiger partial charge in [0, 0.05) is 52.5 Å². The van der Waals surface area contributed by atoms with Crippen LogP contribution in [0.25, 0.3) is 0 Å². The van der Waals surface area contributed by atoms with Gasteiger partial charge in [-0.3, -0.25) is 14.3 Å². The summed E-state index contributed by atoms with van der Waals surface area (Å²) >= 11 is 0. The molecule has 2 atom stereocenters. The van der Waals surface area contributed by atoms with Gasteiger partial charge in [-0.25, -0.2) is 0 Å². The maximum atomic E-state index is 12.7. The topological polar surface area (TPSA) is 67.7 Å². The van der Waals surface area contributed by atoms with E-state index in [0.29, 0.717) is 37.6 Å². The van der Waals surface area contributed by atoms with E-state index in [9.17, 15) is 9.59 Å². The molecule has 0 N–H and O–H groups in total. The van der Waals surface area contributed by atoms with E-state index in [1.54, 1.807) is 24.2 Å². The number of carbonyl (C=O) groups is 2. The number of fused-ring (bicyclic) bond motifs is 1. The highest BCUT2D eigenvalue weighted by molar-refractivity contribution is 5.93. The van der Waals surface area contributed by atoms with Gasteiger partial charge >= 0.3 is 0 Å². The minimum atomic E-state index is 0.0422. The van der Waals surface area contributed by atoms with Gasteiger partial charge in [-0.05, 0) is 25.2 Å². The number of hydrogen-bond donors (Lipinski definition) is 0. The van der Waals surface area contributed by atoms with Gasteiger partial charge in [0.15, 0.2) is 0 Å². The van der Waals surface area contributed by atoms with E-state index in [2.05, 4.69) is 5.10 Å². The summed E-state index contributed by atoms with van der Waals surface area (Å²) in [7, 11) is 3.47. The standard InChI is InChI=1S/C17H26N4O3/c1-19-11-14(10-18-19)17(23)20-7-6-15-13(12-20)4-3-5-16(22)21(15)8-9-24-2/h10-11,13,15H,3-9,12H2,1-2H3/t13-,15+/m0/s1. The highest BCUT2D eigenvalue weighted by atomic mass is 16.5. The van der Waals surface area contributed by atoms with Gasteiger partial charge in [0.2, 0.25) is 5.91 Å². The number of amides is 2. The monoisotopic (exact) mass is 334 g/mol. The van der Waals surface area contributed by atoms with Crippen molar-refractivity contribution >= 4 is 11.8 Å². The molecule has 0 aromatic carbocycles. The van der Waals surface area contributed by atoms with Crippen molar-refractivity contribution in [3.05, 3.63) is 18.0 Å². The fourth-order valence-electron chi connectivity index (χ4n) is 3.94. The Labute approximate surface area is 142 Å². The van der Waals surface area contributed by atoms with Gasteiger partial charge in [0.05, 0.1) is 18.4 Å². The smallest absolute Gasteiger partial charge is 0.257 e. The van der Waals surface area contributed by atoms with Gasteiger partial charge in [0.1, 0.15) is 0 Å². The van der Waals surface area contributed by atoms with Crippen molar-refractivity contribution in [2.75, 3.05) is 33.4 Å². The van der Waals surface area contributed by atoms with Crippen molar-refractivity contribution in [1.29, 1.82) is 0 Å². The Morgan fingerprint density at radius 3 is 2.96 bits per heavy atom. The van der Waals surface area contributed by atoms with Crippen molar-refractivity contribution in [3.8, 4) is 0 Å². The number of nitrogens with zero attached hydrogens (tertiary/aromatic N) is 4. The molecule has 0 bridgehead atoms. The minimum Gasteiger partial charge on any atom is -0.383 e. The first kappa shape index (κ1) is 17.0. The Kier molecular flexibility index (Phi) is 5.18. The zero-order chi connectivity index (χ0) is 17.1. The second-order valence-corrected chi connectivity index (χ2v) is 6.74. The van der Waals surface area contributed by atoms with E-state index in [4.69, 9.17) is 4.74 Å². The fraction of sp³-hybridized carbons (Fsp3) is 0.706. The molecule has 7 nitrogen and oxygen atoms in total. The third-order valence-corrected chi connectivity index (χ3v) is 5.16. The summed E-state index contributed by atoms with van der Waals surface area (Å²) in [4.78, 5) is 29.0. The summed E-state index contributed by atoms with van der Waals surface area (Å²) in [6, 6.07) is 0.230. The Morgan fingerprint density at radius 2 is 2.25 bits per heavy atom. The molecule has 132 valence electrons. The van der Waals surface area contributed by atoms with E-state index in [1.807, 2.05) is 16.8 Å². The lowest BCUT2D eigenvalue weighted by Crippen LogP contribution is -2.53. The van der Waals surface area contributed by atoms with Gasteiger partial charge in [-0.15, -0.1) is 0 Å². The average Bonchev–Trinajstić information content (AvgIpc) is 2.95. The molecule has 2 fully saturated rings. The van der Waals surface area contributed by atoms with E-state index in [1.165, 1.54) is 0 Å². The predicted octanol–water partition coefficient (Wildman–Crippen LogP) is 0.910. The number of methoxy groups -OCH3 is 1. The first-order valence-electron chi connectivity index (χ1n) is 8.66. The third kappa shape index (κ3) is 3.45. The fourth-order valence-corrected chi connectivity index (χ4v) is 3.94. The summed E-state index contributed by atoms with van der Waals surface area (Å²) in [6.07, 6.45) is 6.72. The molecule has 0 aliphatic carbocycles. The van der Waals surface area contributed by atoms with Crippen LogP contribution in [0, 0.1) is 5.92 Å². The molecule has 2 amide bonds. The van der Waals surface area contributed by atoms with Crippen LogP contribution in [-0.2, 0) is 16.6 Å². The first-order chi connectivity index (χ1) is 11.6. The van der Waals surface area contributed by atoms with Gasteiger partial charge in [0.25, 0.3) is 5.91 Å². The third-order valence-electron chi connectivity index (χ3n) is 5.16. The largest absolute Gasteiger partial charge is 0.383 e. The normalized spacial score (nSPS) is 24.7. The van der Waals surface area contributed by atoms with Gasteiger partial charge < -0.3 is 14.5 Å². The molecule has 24 heavy (non-hydrogen) atoms. The molecular formula is C17H26N4O3. The van der Waals surface area contributed by atoms with Gasteiger partial charge in [-0.2, -0.15) is 5.10 Å². The molecule has 3 rings (SSSR count). The highest BCUT2D eigenvalue weighted by Crippen LogP contribution is 2.31. The molecule has 2 aliphatic heterocycles. The maximum Gasteiger partial charge on any atom is 0.257 e. The number of rotatable bonds is 4. The van der Waals surface area contributed by atoms with Crippen LogP contribution in [0.4, 0.5) is 0 Å². The van der Waals surface area contributed by atoms with Crippen molar-refractivity contribution in [1.82, 2.24) is 19.6 Å². The first-order valence-corrected chi connectivity index (χ1v) is 8.66. The Hall–Kier alpha value is -1.89. The van der Waals surface area contributed by atoms with Crippen LogP contribution in [0.15, 0.2) is 12.4 Å². The number of aryl methyl sites for hydroxylation is 1. The summed E-state index contributed by atoms with van der Waals surface area (Å²) in [5, 5.41) is 4.09. The number of likely N-dealkylation sites (tertiary alicyclic amines) is 2.